The molecule has 1 unspecified atom stereocenters. The summed E-state index contributed by atoms with van der Waals surface area (Å²) in [4.78, 5) is 23.4. The first-order chi connectivity index (χ1) is 7.23. The maximum absolute atomic E-state index is 12.0. The number of nitrogens with two attached hydrogens (primary N) is 1. The molecule has 0 heterocycles. The van der Waals surface area contributed by atoms with E-state index >= 15 is 0 Å². The van der Waals surface area contributed by atoms with Crippen LogP contribution < -0.4 is 11.1 Å². The third-order valence-electron chi connectivity index (χ3n) is 2.90. The Morgan fingerprint density at radius 2 is 1.81 bits per heavy atom. The van der Waals surface area contributed by atoms with Crippen LogP contribution in [0, 0.1) is 5.41 Å². The van der Waals surface area contributed by atoms with E-state index in [0.29, 0.717) is 6.42 Å². The van der Waals surface area contributed by atoms with Crippen LogP contribution in [0.5, 0.6) is 0 Å². The number of carbonyl (C=O) groups excluding carboxylic acids is 2. The highest BCUT2D eigenvalue weighted by atomic mass is 16.5. The third-order valence-corrected chi connectivity index (χ3v) is 2.90. The lowest BCUT2D eigenvalue weighted by molar-refractivity contribution is -0.150. The summed E-state index contributed by atoms with van der Waals surface area (Å²) in [6.07, 6.45) is 0.618. The third kappa shape index (κ3) is 3.20. The molecule has 0 aromatic carbocycles. The molecule has 0 bridgehead atoms. The number of carbonyl (C=O) groups is 2. The lowest BCUT2D eigenvalue weighted by atomic mass is 9.85. The van der Waals surface area contributed by atoms with Crippen molar-refractivity contribution in [1.82, 2.24) is 5.32 Å². The first-order valence-electron chi connectivity index (χ1n) is 5.34. The Kier molecular flexibility index (Phi) is 4.93. The molecule has 0 spiro atoms. The fraction of sp³-hybridized carbons (Fsp3) is 0.818. The second-order valence-electron chi connectivity index (χ2n) is 4.69. The van der Waals surface area contributed by atoms with Crippen LogP contribution in [0.3, 0.4) is 0 Å². The molecule has 0 saturated carbocycles. The van der Waals surface area contributed by atoms with E-state index in [0.717, 1.165) is 0 Å². The number of nitrogens with one attached hydrogen (secondary N) is 1. The Bertz CT molecular complexity index is 270. The van der Waals surface area contributed by atoms with Gasteiger partial charge in [-0.05, 0) is 27.2 Å². The van der Waals surface area contributed by atoms with E-state index in [4.69, 9.17) is 5.73 Å². The summed E-state index contributed by atoms with van der Waals surface area (Å²) in [5.74, 6) is -0.704. The number of methoxy groups -OCH3 is 1. The molecule has 94 valence electrons. The van der Waals surface area contributed by atoms with Crippen molar-refractivity contribution < 1.29 is 14.3 Å². The Morgan fingerprint density at radius 1 is 1.31 bits per heavy atom. The predicted molar refractivity (Wildman–Crippen MR) is 61.7 cm³/mol. The molecule has 5 heteroatoms. The van der Waals surface area contributed by atoms with E-state index in [-0.39, 0.29) is 12.5 Å². The van der Waals surface area contributed by atoms with Crippen molar-refractivity contribution in [2.45, 2.75) is 39.7 Å². The van der Waals surface area contributed by atoms with Gasteiger partial charge in [0.2, 0.25) is 5.91 Å². The number of hydrogen-bond acceptors (Lipinski definition) is 4. The molecule has 5 nitrogen and oxygen atoms in total. The van der Waals surface area contributed by atoms with Crippen molar-refractivity contribution >= 4 is 11.9 Å². The minimum Gasteiger partial charge on any atom is -0.467 e. The van der Waals surface area contributed by atoms with Crippen molar-refractivity contribution in [1.29, 1.82) is 0 Å². The van der Waals surface area contributed by atoms with Gasteiger partial charge in [0, 0.05) is 6.54 Å². The molecule has 0 aromatic heterocycles. The number of rotatable bonds is 5. The molecule has 0 aliphatic carbocycles. The summed E-state index contributed by atoms with van der Waals surface area (Å²) in [5.41, 5.74) is 3.89. The number of amides is 1. The zero-order valence-corrected chi connectivity index (χ0v) is 10.7. The summed E-state index contributed by atoms with van der Waals surface area (Å²) in [7, 11) is 1.29. The lowest BCUT2D eigenvalue weighted by Gasteiger charge is -2.31. The summed E-state index contributed by atoms with van der Waals surface area (Å²) in [5, 5.41) is 2.66. The van der Waals surface area contributed by atoms with Crippen molar-refractivity contribution in [3.63, 3.8) is 0 Å². The van der Waals surface area contributed by atoms with Gasteiger partial charge < -0.3 is 15.8 Å². The molecular formula is C11H22N2O3. The van der Waals surface area contributed by atoms with Gasteiger partial charge in [-0.3, -0.25) is 4.79 Å². The molecular weight excluding hydrogens is 208 g/mol. The first-order valence-corrected chi connectivity index (χ1v) is 5.34. The van der Waals surface area contributed by atoms with E-state index in [1.165, 1.54) is 7.11 Å². The monoisotopic (exact) mass is 230 g/mol. The fourth-order valence-electron chi connectivity index (χ4n) is 1.14. The van der Waals surface area contributed by atoms with E-state index in [1.807, 2.05) is 6.92 Å². The summed E-state index contributed by atoms with van der Waals surface area (Å²) in [6.45, 7) is 7.10. The fourth-order valence-corrected chi connectivity index (χ4v) is 1.14. The minimum absolute atomic E-state index is 0.229. The zero-order chi connectivity index (χ0) is 13.0. The summed E-state index contributed by atoms with van der Waals surface area (Å²) >= 11 is 0. The van der Waals surface area contributed by atoms with Crippen LogP contribution in [-0.4, -0.2) is 31.1 Å². The molecule has 1 amide bonds. The van der Waals surface area contributed by atoms with Gasteiger partial charge in [-0.2, -0.15) is 0 Å². The van der Waals surface area contributed by atoms with Crippen molar-refractivity contribution in [2.75, 3.05) is 13.7 Å². The van der Waals surface area contributed by atoms with Gasteiger partial charge in [0.25, 0.3) is 0 Å². The van der Waals surface area contributed by atoms with Crippen molar-refractivity contribution in [3.8, 4) is 0 Å². The topological polar surface area (TPSA) is 81.4 Å². The normalized spacial score (nSPS) is 15.1. The molecule has 0 aliphatic rings. The Morgan fingerprint density at radius 3 is 2.12 bits per heavy atom. The van der Waals surface area contributed by atoms with Crippen LogP contribution in [0.15, 0.2) is 0 Å². The molecule has 0 radical (unpaired) electrons. The van der Waals surface area contributed by atoms with Gasteiger partial charge in [-0.25, -0.2) is 4.79 Å². The van der Waals surface area contributed by atoms with Gasteiger partial charge in [0.05, 0.1) is 12.5 Å². The zero-order valence-electron chi connectivity index (χ0n) is 10.7. The average Bonchev–Trinajstić information content (AvgIpc) is 2.25. The van der Waals surface area contributed by atoms with Gasteiger partial charge in [-0.15, -0.1) is 0 Å². The molecule has 0 aliphatic heterocycles. The van der Waals surface area contributed by atoms with Gasteiger partial charge >= 0.3 is 5.97 Å². The smallest absolute Gasteiger partial charge is 0.330 e. The van der Waals surface area contributed by atoms with Crippen LogP contribution in [-0.2, 0) is 14.3 Å². The minimum atomic E-state index is -1.03. The van der Waals surface area contributed by atoms with Gasteiger partial charge in [-0.1, -0.05) is 6.92 Å². The summed E-state index contributed by atoms with van der Waals surface area (Å²) < 4.78 is 4.61. The van der Waals surface area contributed by atoms with Crippen LogP contribution >= 0.6 is 0 Å². The summed E-state index contributed by atoms with van der Waals surface area (Å²) in [6, 6.07) is 0. The highest BCUT2D eigenvalue weighted by Crippen LogP contribution is 2.20. The molecule has 0 aromatic rings. The number of ether oxygens (including phenoxy) is 1. The van der Waals surface area contributed by atoms with E-state index in [2.05, 4.69) is 10.1 Å². The largest absolute Gasteiger partial charge is 0.467 e. The van der Waals surface area contributed by atoms with Gasteiger partial charge in [0.1, 0.15) is 5.54 Å². The Hall–Kier alpha value is -1.10. The quantitative estimate of drug-likeness (QED) is 0.671. The van der Waals surface area contributed by atoms with Crippen LogP contribution in [0.4, 0.5) is 0 Å². The SMILES string of the molecule is CCC(C)(CN)C(=O)NC(C)(C)C(=O)OC. The van der Waals surface area contributed by atoms with E-state index < -0.39 is 16.9 Å². The van der Waals surface area contributed by atoms with E-state index in [1.54, 1.807) is 20.8 Å². The molecule has 0 fully saturated rings. The number of esters is 1. The highest BCUT2D eigenvalue weighted by Gasteiger charge is 2.37. The highest BCUT2D eigenvalue weighted by molar-refractivity contribution is 5.90. The standard InChI is InChI=1S/C11H22N2O3/c1-6-11(4,7-12)8(14)13-10(2,3)9(15)16-5/h6-7,12H2,1-5H3,(H,13,14). The van der Waals surface area contributed by atoms with Crippen LogP contribution in [0.25, 0.3) is 0 Å². The van der Waals surface area contributed by atoms with Crippen molar-refractivity contribution in [3.05, 3.63) is 0 Å². The van der Waals surface area contributed by atoms with Crippen molar-refractivity contribution in [2.24, 2.45) is 11.1 Å². The maximum Gasteiger partial charge on any atom is 0.330 e. The Balaban J connectivity index is 4.74. The predicted octanol–water partition coefficient (Wildman–Crippen LogP) is 0.429. The van der Waals surface area contributed by atoms with E-state index in [9.17, 15) is 9.59 Å². The second kappa shape index (κ2) is 5.30. The first kappa shape index (κ1) is 14.9. The molecule has 3 N–H and O–H groups in total. The lowest BCUT2D eigenvalue weighted by Crippen LogP contribution is -2.55. The Labute approximate surface area is 96.7 Å². The molecule has 16 heavy (non-hydrogen) atoms. The molecule has 0 rings (SSSR count). The average molecular weight is 230 g/mol. The molecule has 0 saturated heterocycles. The van der Waals surface area contributed by atoms with Gasteiger partial charge in [0.15, 0.2) is 0 Å². The molecule has 1 atom stereocenters. The number of hydrogen-bond donors (Lipinski definition) is 2. The van der Waals surface area contributed by atoms with Crippen LogP contribution in [0.1, 0.15) is 34.1 Å². The van der Waals surface area contributed by atoms with Crippen LogP contribution in [0.2, 0.25) is 0 Å². The maximum atomic E-state index is 12.0. The second-order valence-corrected chi connectivity index (χ2v) is 4.69.